The van der Waals surface area contributed by atoms with Gasteiger partial charge in [0.2, 0.25) is 0 Å². The van der Waals surface area contributed by atoms with Gasteiger partial charge < -0.3 is 25.3 Å². The third-order valence-electron chi connectivity index (χ3n) is 4.14. The molecule has 142 valence electrons. The van der Waals surface area contributed by atoms with E-state index >= 15 is 0 Å². The van der Waals surface area contributed by atoms with Gasteiger partial charge in [0.1, 0.15) is 11.6 Å². The van der Waals surface area contributed by atoms with Crippen molar-refractivity contribution < 1.29 is 14.2 Å². The molecule has 1 unspecified atom stereocenters. The topological polar surface area (TPSA) is 107 Å². The van der Waals surface area contributed by atoms with Gasteiger partial charge in [-0.2, -0.15) is 5.10 Å². The van der Waals surface area contributed by atoms with Crippen molar-refractivity contribution in [2.45, 2.75) is 12.6 Å². The Hall–Kier alpha value is -3.26. The number of anilines is 1. The number of H-pyrrole nitrogens is 1. The average Bonchev–Trinajstić information content (AvgIpc) is 3.20. The molecule has 27 heavy (non-hydrogen) atoms. The minimum absolute atomic E-state index is 0.476. The Morgan fingerprint density at radius 1 is 1.00 bits per heavy atom. The van der Waals surface area contributed by atoms with Crippen LogP contribution in [0.5, 0.6) is 17.2 Å². The van der Waals surface area contributed by atoms with Crippen LogP contribution in [0.1, 0.15) is 23.3 Å². The van der Waals surface area contributed by atoms with E-state index in [1.54, 1.807) is 21.3 Å². The summed E-state index contributed by atoms with van der Waals surface area (Å²) in [6.07, 6.45) is 0. The van der Waals surface area contributed by atoms with Crippen LogP contribution >= 0.6 is 0 Å². The number of methoxy groups -OCH3 is 3. The molecule has 0 aliphatic rings. The number of ether oxygens (including phenoxy) is 3. The molecule has 1 heterocycles. The van der Waals surface area contributed by atoms with E-state index in [9.17, 15) is 0 Å². The van der Waals surface area contributed by atoms with Crippen LogP contribution in [-0.4, -0.2) is 36.5 Å². The maximum atomic E-state index is 6.31. The van der Waals surface area contributed by atoms with Crippen LogP contribution in [0.15, 0.2) is 42.5 Å². The summed E-state index contributed by atoms with van der Waals surface area (Å²) in [5.74, 6) is 3.27. The zero-order chi connectivity index (χ0) is 19.2. The van der Waals surface area contributed by atoms with Gasteiger partial charge in [0, 0.05) is 5.69 Å². The summed E-state index contributed by atoms with van der Waals surface area (Å²) in [6, 6.07) is 12.7. The Labute approximate surface area is 157 Å². The summed E-state index contributed by atoms with van der Waals surface area (Å²) >= 11 is 0. The first-order chi connectivity index (χ1) is 13.1. The van der Waals surface area contributed by atoms with Crippen molar-refractivity contribution in [3.05, 3.63) is 59.7 Å². The van der Waals surface area contributed by atoms with Crippen molar-refractivity contribution in [3.8, 4) is 17.2 Å². The quantitative estimate of drug-likeness (QED) is 0.560. The summed E-state index contributed by atoms with van der Waals surface area (Å²) in [6.45, 7) is 0.498. The zero-order valence-corrected chi connectivity index (χ0v) is 15.5. The number of hydrogen-bond acceptors (Lipinski definition) is 7. The van der Waals surface area contributed by atoms with Crippen LogP contribution in [-0.2, 0) is 6.54 Å². The fourth-order valence-corrected chi connectivity index (χ4v) is 2.62. The van der Waals surface area contributed by atoms with Crippen molar-refractivity contribution in [1.82, 2.24) is 15.2 Å². The number of nitrogens with one attached hydrogen (secondary N) is 2. The lowest BCUT2D eigenvalue weighted by molar-refractivity contribution is 0.354. The third-order valence-corrected chi connectivity index (χ3v) is 4.14. The molecule has 0 saturated carbocycles. The second-order valence-electron chi connectivity index (χ2n) is 5.81. The summed E-state index contributed by atoms with van der Waals surface area (Å²) in [5.41, 5.74) is 8.10. The number of rotatable bonds is 8. The minimum atomic E-state index is -0.476. The molecule has 0 amide bonds. The van der Waals surface area contributed by atoms with E-state index in [0.717, 1.165) is 17.0 Å². The Balaban J connectivity index is 1.67. The molecule has 3 aromatic rings. The van der Waals surface area contributed by atoms with Crippen molar-refractivity contribution >= 4 is 5.69 Å². The lowest BCUT2D eigenvalue weighted by Crippen LogP contribution is -2.14. The summed E-state index contributed by atoms with van der Waals surface area (Å²) in [7, 11) is 4.82. The number of nitrogens with zero attached hydrogens (tertiary/aromatic N) is 2. The molecular formula is C19H23N5O3. The number of aromatic nitrogens is 3. The predicted molar refractivity (Wildman–Crippen MR) is 102 cm³/mol. The molecule has 1 atom stereocenters. The molecule has 8 heteroatoms. The van der Waals surface area contributed by atoms with Crippen LogP contribution < -0.4 is 25.3 Å². The second-order valence-corrected chi connectivity index (χ2v) is 5.81. The van der Waals surface area contributed by atoms with Crippen LogP contribution in [0.4, 0.5) is 5.69 Å². The molecule has 2 aromatic carbocycles. The highest BCUT2D eigenvalue weighted by molar-refractivity contribution is 5.46. The third kappa shape index (κ3) is 4.29. The predicted octanol–water partition coefficient (Wildman–Crippen LogP) is 2.49. The SMILES string of the molecule is COc1ccc(NCc2nc(C(N)c3ccc(OC)c(OC)c3)n[nH]2)cc1. The Morgan fingerprint density at radius 2 is 1.74 bits per heavy atom. The monoisotopic (exact) mass is 369 g/mol. The Morgan fingerprint density at radius 3 is 2.41 bits per heavy atom. The van der Waals surface area contributed by atoms with E-state index in [1.165, 1.54) is 0 Å². The minimum Gasteiger partial charge on any atom is -0.497 e. The lowest BCUT2D eigenvalue weighted by Gasteiger charge is -2.12. The highest BCUT2D eigenvalue weighted by Crippen LogP contribution is 2.30. The van der Waals surface area contributed by atoms with Gasteiger partial charge in [-0.1, -0.05) is 6.07 Å². The normalized spacial score (nSPS) is 11.7. The van der Waals surface area contributed by atoms with Gasteiger partial charge in [0.25, 0.3) is 0 Å². The lowest BCUT2D eigenvalue weighted by atomic mass is 10.1. The molecule has 0 bridgehead atoms. The van der Waals surface area contributed by atoms with Crippen molar-refractivity contribution in [1.29, 1.82) is 0 Å². The maximum Gasteiger partial charge on any atom is 0.171 e. The van der Waals surface area contributed by atoms with E-state index in [2.05, 4.69) is 20.5 Å². The van der Waals surface area contributed by atoms with Gasteiger partial charge in [0.05, 0.1) is 33.9 Å². The van der Waals surface area contributed by atoms with Gasteiger partial charge in [-0.15, -0.1) is 0 Å². The van der Waals surface area contributed by atoms with Crippen molar-refractivity contribution in [2.24, 2.45) is 5.73 Å². The Bertz CT molecular complexity index is 879. The molecule has 0 aliphatic carbocycles. The molecule has 8 nitrogen and oxygen atoms in total. The standard InChI is InChI=1S/C19H23N5O3/c1-25-14-7-5-13(6-8-14)21-11-17-22-19(24-23-17)18(20)12-4-9-15(26-2)16(10-12)27-3/h4-10,18,21H,11,20H2,1-3H3,(H,22,23,24). The fraction of sp³-hybridized carbons (Fsp3) is 0.263. The van der Waals surface area contributed by atoms with Crippen molar-refractivity contribution in [3.63, 3.8) is 0 Å². The molecule has 4 N–H and O–H groups in total. The number of nitrogens with two attached hydrogens (primary N) is 1. The highest BCUT2D eigenvalue weighted by atomic mass is 16.5. The van der Waals surface area contributed by atoms with Crippen LogP contribution in [0.2, 0.25) is 0 Å². The fourth-order valence-electron chi connectivity index (χ4n) is 2.62. The molecule has 0 radical (unpaired) electrons. The Kier molecular flexibility index (Phi) is 5.77. The molecule has 1 aromatic heterocycles. The molecule has 0 aliphatic heterocycles. The molecule has 0 fully saturated rings. The molecule has 0 spiro atoms. The first-order valence-electron chi connectivity index (χ1n) is 8.41. The smallest absolute Gasteiger partial charge is 0.171 e. The first-order valence-corrected chi connectivity index (χ1v) is 8.41. The zero-order valence-electron chi connectivity index (χ0n) is 15.5. The number of aromatic amines is 1. The van der Waals surface area contributed by atoms with Crippen LogP contribution in [0, 0.1) is 0 Å². The molecule has 3 rings (SSSR count). The summed E-state index contributed by atoms with van der Waals surface area (Å²) in [5, 5.41) is 10.4. The van der Waals surface area contributed by atoms with Gasteiger partial charge in [0.15, 0.2) is 17.3 Å². The van der Waals surface area contributed by atoms with Crippen LogP contribution in [0.25, 0.3) is 0 Å². The van der Waals surface area contributed by atoms with Crippen molar-refractivity contribution in [2.75, 3.05) is 26.6 Å². The molecular weight excluding hydrogens is 346 g/mol. The van der Waals surface area contributed by atoms with E-state index < -0.39 is 6.04 Å². The van der Waals surface area contributed by atoms with E-state index in [4.69, 9.17) is 19.9 Å². The first kappa shape index (κ1) is 18.5. The summed E-state index contributed by atoms with van der Waals surface area (Å²) in [4.78, 5) is 4.48. The van der Waals surface area contributed by atoms with E-state index in [0.29, 0.717) is 29.7 Å². The summed E-state index contributed by atoms with van der Waals surface area (Å²) < 4.78 is 15.7. The van der Waals surface area contributed by atoms with Gasteiger partial charge in [-0.05, 0) is 42.0 Å². The second kappa shape index (κ2) is 8.41. The largest absolute Gasteiger partial charge is 0.497 e. The number of benzene rings is 2. The van der Waals surface area contributed by atoms with Crippen LogP contribution in [0.3, 0.4) is 0 Å². The molecule has 0 saturated heterocycles. The average molecular weight is 369 g/mol. The van der Waals surface area contributed by atoms with E-state index in [-0.39, 0.29) is 0 Å². The maximum absolute atomic E-state index is 6.31. The number of hydrogen-bond donors (Lipinski definition) is 3. The van der Waals surface area contributed by atoms with Gasteiger partial charge in [-0.25, -0.2) is 4.98 Å². The van der Waals surface area contributed by atoms with E-state index in [1.807, 2.05) is 42.5 Å². The van der Waals surface area contributed by atoms with Gasteiger partial charge >= 0.3 is 0 Å². The van der Waals surface area contributed by atoms with Gasteiger partial charge in [-0.3, -0.25) is 5.10 Å². The highest BCUT2D eigenvalue weighted by Gasteiger charge is 2.17.